The van der Waals surface area contributed by atoms with E-state index in [1.165, 1.54) is 0 Å². The van der Waals surface area contributed by atoms with E-state index >= 15 is 0 Å². The highest BCUT2D eigenvalue weighted by Crippen LogP contribution is 2.33. The molecule has 0 radical (unpaired) electrons. The van der Waals surface area contributed by atoms with Crippen LogP contribution in [0.2, 0.25) is 0 Å². The summed E-state index contributed by atoms with van der Waals surface area (Å²) in [4.78, 5) is 2.20. The fourth-order valence-corrected chi connectivity index (χ4v) is 3.30. The van der Waals surface area contributed by atoms with Crippen molar-refractivity contribution in [2.75, 3.05) is 31.2 Å². The molecule has 136 valence electrons. The van der Waals surface area contributed by atoms with Crippen molar-refractivity contribution in [1.29, 1.82) is 21.0 Å². The molecule has 28 heavy (non-hydrogen) atoms. The van der Waals surface area contributed by atoms with Gasteiger partial charge in [-0.15, -0.1) is 0 Å². The number of nitriles is 4. The third-order valence-electron chi connectivity index (χ3n) is 4.95. The first kappa shape index (κ1) is 18.9. The van der Waals surface area contributed by atoms with Crippen LogP contribution in [0.5, 0.6) is 0 Å². The summed E-state index contributed by atoms with van der Waals surface area (Å²) < 4.78 is 5.37. The molecule has 2 aromatic rings. The van der Waals surface area contributed by atoms with Crippen LogP contribution in [0.25, 0.3) is 0 Å². The van der Waals surface area contributed by atoms with Gasteiger partial charge in [-0.25, -0.2) is 0 Å². The van der Waals surface area contributed by atoms with Gasteiger partial charge in [-0.05, 0) is 28.8 Å². The predicted molar refractivity (Wildman–Crippen MR) is 102 cm³/mol. The maximum atomic E-state index is 9.87. The first-order chi connectivity index (χ1) is 13.7. The molecule has 0 saturated carbocycles. The Bertz CT molecular complexity index is 966. The summed E-state index contributed by atoms with van der Waals surface area (Å²) in [5.74, 6) is -0.875. The number of benzene rings is 2. The molecular weight excluding hydrogens is 350 g/mol. The second kappa shape index (κ2) is 8.24. The van der Waals surface area contributed by atoms with Crippen molar-refractivity contribution in [2.24, 2.45) is 0 Å². The Hall–Kier alpha value is -3.84. The molecule has 0 amide bonds. The second-order valence-corrected chi connectivity index (χ2v) is 6.43. The number of morpholine rings is 1. The van der Waals surface area contributed by atoms with Crippen LogP contribution < -0.4 is 4.90 Å². The quantitative estimate of drug-likeness (QED) is 0.822. The molecule has 1 saturated heterocycles. The molecule has 1 aliphatic heterocycles. The zero-order valence-electron chi connectivity index (χ0n) is 15.2. The summed E-state index contributed by atoms with van der Waals surface area (Å²) >= 11 is 0. The SMILES string of the molecule is N#CC(C#N)c1ccc(C(C#N)(C#N)c2ccc(N3CCOCC3)cc2)cc1. The summed E-state index contributed by atoms with van der Waals surface area (Å²) in [6.45, 7) is 2.98. The average Bonchev–Trinajstić information content (AvgIpc) is 2.78. The van der Waals surface area contributed by atoms with Gasteiger partial charge in [0.15, 0.2) is 11.3 Å². The molecule has 0 spiro atoms. The van der Waals surface area contributed by atoms with Crippen molar-refractivity contribution in [1.82, 2.24) is 0 Å². The first-order valence-corrected chi connectivity index (χ1v) is 8.84. The largest absolute Gasteiger partial charge is 0.378 e. The van der Waals surface area contributed by atoms with Gasteiger partial charge in [0.25, 0.3) is 0 Å². The van der Waals surface area contributed by atoms with E-state index in [-0.39, 0.29) is 0 Å². The highest BCUT2D eigenvalue weighted by Gasteiger charge is 2.35. The fraction of sp³-hybridized carbons (Fsp3) is 0.273. The predicted octanol–water partition coefficient (Wildman–Crippen LogP) is 2.99. The van der Waals surface area contributed by atoms with E-state index in [9.17, 15) is 10.5 Å². The van der Waals surface area contributed by atoms with Crippen LogP contribution >= 0.6 is 0 Å². The molecule has 1 heterocycles. The maximum Gasteiger partial charge on any atom is 0.193 e. The molecule has 6 heteroatoms. The zero-order chi connectivity index (χ0) is 20.0. The average molecular weight is 367 g/mol. The highest BCUT2D eigenvalue weighted by molar-refractivity contribution is 5.57. The number of ether oxygens (including phenoxy) is 1. The van der Waals surface area contributed by atoms with Crippen LogP contribution in [0.15, 0.2) is 48.5 Å². The van der Waals surface area contributed by atoms with Gasteiger partial charge >= 0.3 is 0 Å². The molecule has 1 aliphatic rings. The van der Waals surface area contributed by atoms with Gasteiger partial charge in [-0.3, -0.25) is 0 Å². The molecule has 0 bridgehead atoms. The smallest absolute Gasteiger partial charge is 0.193 e. The molecule has 0 atom stereocenters. The van der Waals surface area contributed by atoms with Crippen LogP contribution in [0.1, 0.15) is 22.6 Å². The van der Waals surface area contributed by atoms with Gasteiger partial charge in [0.1, 0.15) is 0 Å². The van der Waals surface area contributed by atoms with E-state index in [1.54, 1.807) is 36.4 Å². The Kier molecular flexibility index (Phi) is 5.57. The highest BCUT2D eigenvalue weighted by atomic mass is 16.5. The standard InChI is InChI=1S/C22H17N5O/c23-13-18(14-24)17-1-3-19(4-2-17)22(15-25,16-26)20-5-7-21(8-6-20)27-9-11-28-12-10-27/h1-8,18H,9-12H2. The summed E-state index contributed by atoms with van der Waals surface area (Å²) in [5, 5.41) is 37.8. The molecule has 1 fully saturated rings. The van der Waals surface area contributed by atoms with Crippen molar-refractivity contribution >= 4 is 5.69 Å². The third kappa shape index (κ3) is 3.38. The summed E-state index contributed by atoms with van der Waals surface area (Å²) in [6, 6.07) is 22.1. The second-order valence-electron chi connectivity index (χ2n) is 6.43. The van der Waals surface area contributed by atoms with Crippen LogP contribution in [-0.2, 0) is 10.2 Å². The minimum absolute atomic E-state index is 0.509. The van der Waals surface area contributed by atoms with Gasteiger partial charge in [0, 0.05) is 18.8 Å². The minimum Gasteiger partial charge on any atom is -0.378 e. The normalized spacial score (nSPS) is 13.8. The lowest BCUT2D eigenvalue weighted by atomic mass is 9.76. The molecular formula is C22H17N5O. The molecule has 6 nitrogen and oxygen atoms in total. The summed E-state index contributed by atoms with van der Waals surface area (Å²) in [5.41, 5.74) is 1.20. The van der Waals surface area contributed by atoms with E-state index < -0.39 is 11.3 Å². The van der Waals surface area contributed by atoms with Crippen molar-refractivity contribution in [2.45, 2.75) is 11.3 Å². The van der Waals surface area contributed by atoms with Gasteiger partial charge in [-0.2, -0.15) is 21.0 Å². The van der Waals surface area contributed by atoms with Crippen LogP contribution in [0.3, 0.4) is 0 Å². The molecule has 0 N–H and O–H groups in total. The first-order valence-electron chi connectivity index (χ1n) is 8.84. The number of nitrogens with zero attached hydrogens (tertiary/aromatic N) is 5. The molecule has 0 aromatic heterocycles. The van der Waals surface area contributed by atoms with Crippen LogP contribution in [-0.4, -0.2) is 26.3 Å². The Morgan fingerprint density at radius 2 is 1.29 bits per heavy atom. The van der Waals surface area contributed by atoms with Crippen LogP contribution in [0, 0.1) is 45.3 Å². The van der Waals surface area contributed by atoms with Gasteiger partial charge in [0.05, 0.1) is 37.5 Å². The minimum atomic E-state index is -1.46. The van der Waals surface area contributed by atoms with Crippen molar-refractivity contribution in [3.05, 3.63) is 65.2 Å². The Morgan fingerprint density at radius 3 is 1.75 bits per heavy atom. The Labute approximate surface area is 164 Å². The summed E-state index contributed by atoms with van der Waals surface area (Å²) in [6.07, 6.45) is 0. The van der Waals surface area contributed by atoms with E-state index in [0.717, 1.165) is 18.8 Å². The third-order valence-corrected chi connectivity index (χ3v) is 4.95. The number of hydrogen-bond acceptors (Lipinski definition) is 6. The van der Waals surface area contributed by atoms with E-state index in [2.05, 4.69) is 17.0 Å². The monoisotopic (exact) mass is 367 g/mol. The van der Waals surface area contributed by atoms with Crippen molar-refractivity contribution in [3.8, 4) is 24.3 Å². The van der Waals surface area contributed by atoms with Gasteiger partial charge in [0.2, 0.25) is 0 Å². The van der Waals surface area contributed by atoms with Gasteiger partial charge in [-0.1, -0.05) is 36.4 Å². The lowest BCUT2D eigenvalue weighted by molar-refractivity contribution is 0.122. The van der Waals surface area contributed by atoms with Crippen molar-refractivity contribution < 1.29 is 4.74 Å². The van der Waals surface area contributed by atoms with Gasteiger partial charge < -0.3 is 9.64 Å². The molecule has 0 unspecified atom stereocenters. The number of hydrogen-bond donors (Lipinski definition) is 0. The molecule has 2 aromatic carbocycles. The number of anilines is 1. The molecule has 3 rings (SSSR count). The van der Waals surface area contributed by atoms with E-state index in [1.807, 2.05) is 24.3 Å². The lowest BCUT2D eigenvalue weighted by Gasteiger charge is -2.29. The number of rotatable bonds is 4. The zero-order valence-corrected chi connectivity index (χ0v) is 15.2. The topological polar surface area (TPSA) is 108 Å². The fourth-order valence-electron chi connectivity index (χ4n) is 3.30. The maximum absolute atomic E-state index is 9.87. The summed E-state index contributed by atoms with van der Waals surface area (Å²) in [7, 11) is 0. The van der Waals surface area contributed by atoms with E-state index in [0.29, 0.717) is 29.9 Å². The van der Waals surface area contributed by atoms with E-state index in [4.69, 9.17) is 15.3 Å². The Morgan fingerprint density at radius 1 is 0.786 bits per heavy atom. The van der Waals surface area contributed by atoms with Crippen molar-refractivity contribution in [3.63, 3.8) is 0 Å². The van der Waals surface area contributed by atoms with Crippen LogP contribution in [0.4, 0.5) is 5.69 Å². The molecule has 0 aliphatic carbocycles. The Balaban J connectivity index is 1.94. The lowest BCUT2D eigenvalue weighted by Crippen LogP contribution is -2.36.